The van der Waals surface area contributed by atoms with Crippen LogP contribution < -0.4 is 5.90 Å². The van der Waals surface area contributed by atoms with Gasteiger partial charge in [0.1, 0.15) is 5.78 Å². The molecule has 0 rings (SSSR count). The third-order valence-electron chi connectivity index (χ3n) is 5.56. The average molecular weight is 396 g/mol. The fourth-order valence-corrected chi connectivity index (χ4v) is 3.31. The van der Waals surface area contributed by atoms with Crippen LogP contribution in [0.2, 0.25) is 0 Å². The Morgan fingerprint density at radius 3 is 2.29 bits per heavy atom. The SMILES string of the molecule is CCCCCCC(C)(O)CCC(CC)(CC#CCCCCC(C)=O)C(=O)ON. The first kappa shape index (κ1) is 26.6. The summed E-state index contributed by atoms with van der Waals surface area (Å²) in [5, 5.41) is 10.7. The quantitative estimate of drug-likeness (QED) is 0.235. The lowest BCUT2D eigenvalue weighted by molar-refractivity contribution is -0.158. The zero-order valence-corrected chi connectivity index (χ0v) is 18.4. The lowest BCUT2D eigenvalue weighted by Gasteiger charge is -2.32. The van der Waals surface area contributed by atoms with Crippen molar-refractivity contribution in [2.45, 2.75) is 117 Å². The lowest BCUT2D eigenvalue weighted by atomic mass is 9.75. The minimum atomic E-state index is -0.802. The normalized spacial score (nSPS) is 15.1. The molecule has 0 aliphatic rings. The van der Waals surface area contributed by atoms with Crippen LogP contribution >= 0.6 is 0 Å². The van der Waals surface area contributed by atoms with Crippen molar-refractivity contribution in [1.29, 1.82) is 0 Å². The van der Waals surface area contributed by atoms with Gasteiger partial charge in [-0.05, 0) is 52.4 Å². The highest BCUT2D eigenvalue weighted by Gasteiger charge is 2.39. The Balaban J connectivity index is 4.75. The van der Waals surface area contributed by atoms with Gasteiger partial charge < -0.3 is 14.7 Å². The molecule has 162 valence electrons. The van der Waals surface area contributed by atoms with E-state index in [1.807, 2.05) is 13.8 Å². The molecule has 0 aliphatic carbocycles. The van der Waals surface area contributed by atoms with E-state index in [0.717, 1.165) is 38.5 Å². The van der Waals surface area contributed by atoms with Gasteiger partial charge >= 0.3 is 5.97 Å². The van der Waals surface area contributed by atoms with Crippen LogP contribution in [0.4, 0.5) is 0 Å². The molecular formula is C23H41NO4. The number of hydrogen-bond donors (Lipinski definition) is 2. The molecule has 2 atom stereocenters. The predicted octanol–water partition coefficient (Wildman–Crippen LogP) is 4.84. The maximum Gasteiger partial charge on any atom is 0.331 e. The molecule has 0 aromatic rings. The lowest BCUT2D eigenvalue weighted by Crippen LogP contribution is -2.37. The summed E-state index contributed by atoms with van der Waals surface area (Å²) in [5.41, 5.74) is -1.59. The molecule has 3 N–H and O–H groups in total. The van der Waals surface area contributed by atoms with E-state index in [-0.39, 0.29) is 5.78 Å². The molecule has 0 amide bonds. The third kappa shape index (κ3) is 11.5. The number of unbranched alkanes of at least 4 members (excludes halogenated alkanes) is 5. The smallest absolute Gasteiger partial charge is 0.331 e. The first-order chi connectivity index (χ1) is 13.2. The van der Waals surface area contributed by atoms with E-state index >= 15 is 0 Å². The van der Waals surface area contributed by atoms with Crippen molar-refractivity contribution in [3.63, 3.8) is 0 Å². The molecule has 0 spiro atoms. The van der Waals surface area contributed by atoms with Gasteiger partial charge in [0.2, 0.25) is 0 Å². The van der Waals surface area contributed by atoms with Crippen molar-refractivity contribution < 1.29 is 19.5 Å². The maximum atomic E-state index is 12.4. The van der Waals surface area contributed by atoms with Crippen molar-refractivity contribution in [2.75, 3.05) is 0 Å². The number of Topliss-reactive ketones (excluding diaryl/α,β-unsaturated/α-hetero) is 1. The molecule has 0 saturated carbocycles. The van der Waals surface area contributed by atoms with Gasteiger partial charge in [-0.3, -0.25) is 0 Å². The topological polar surface area (TPSA) is 89.6 Å². The largest absolute Gasteiger partial charge is 0.390 e. The Kier molecular flexibility index (Phi) is 13.9. The molecule has 0 aromatic carbocycles. The average Bonchev–Trinajstić information content (AvgIpc) is 2.66. The van der Waals surface area contributed by atoms with Gasteiger partial charge in [0.25, 0.3) is 0 Å². The number of rotatable bonds is 15. The molecule has 5 heteroatoms. The maximum absolute atomic E-state index is 12.4. The molecule has 0 heterocycles. The van der Waals surface area contributed by atoms with E-state index in [2.05, 4.69) is 23.6 Å². The number of hydrogen-bond acceptors (Lipinski definition) is 5. The molecule has 28 heavy (non-hydrogen) atoms. The van der Waals surface area contributed by atoms with Gasteiger partial charge in [-0.25, -0.2) is 4.79 Å². The van der Waals surface area contributed by atoms with Gasteiger partial charge in [0.05, 0.1) is 11.0 Å². The zero-order valence-electron chi connectivity index (χ0n) is 18.4. The van der Waals surface area contributed by atoms with Crippen molar-refractivity contribution in [2.24, 2.45) is 11.3 Å². The first-order valence-corrected chi connectivity index (χ1v) is 10.8. The predicted molar refractivity (Wildman–Crippen MR) is 113 cm³/mol. The molecule has 0 saturated heterocycles. The fraction of sp³-hybridized carbons (Fsp3) is 0.826. The summed E-state index contributed by atoms with van der Waals surface area (Å²) >= 11 is 0. The monoisotopic (exact) mass is 395 g/mol. The standard InChI is InChI=1S/C23H41NO4/c1-5-7-8-13-16-22(4,27)18-19-23(6-2,21(26)28-24)17-14-11-9-10-12-15-20(3)25/h27H,5-10,12-13,15-19,24H2,1-4H3. The van der Waals surface area contributed by atoms with Gasteiger partial charge in [0.15, 0.2) is 0 Å². The van der Waals surface area contributed by atoms with Crippen LogP contribution in [0.3, 0.4) is 0 Å². The van der Waals surface area contributed by atoms with Crippen LogP contribution in [0.15, 0.2) is 0 Å². The Hall–Kier alpha value is -1.38. The molecule has 5 nitrogen and oxygen atoms in total. The Labute approximate surface area is 171 Å². The summed E-state index contributed by atoms with van der Waals surface area (Å²) in [7, 11) is 0. The Morgan fingerprint density at radius 2 is 1.71 bits per heavy atom. The molecule has 0 fully saturated rings. The first-order valence-electron chi connectivity index (χ1n) is 10.8. The van der Waals surface area contributed by atoms with Crippen LogP contribution in [0.1, 0.15) is 111 Å². The van der Waals surface area contributed by atoms with Crippen molar-refractivity contribution in [1.82, 2.24) is 0 Å². The van der Waals surface area contributed by atoms with Gasteiger partial charge in [-0.15, -0.1) is 11.8 Å². The van der Waals surface area contributed by atoms with Crippen LogP contribution in [0.25, 0.3) is 0 Å². The number of nitrogens with two attached hydrogens (primary N) is 1. The Morgan fingerprint density at radius 1 is 1.00 bits per heavy atom. The van der Waals surface area contributed by atoms with Crippen LogP contribution in [-0.2, 0) is 14.4 Å². The second-order valence-corrected chi connectivity index (χ2v) is 8.29. The summed E-state index contributed by atoms with van der Waals surface area (Å²) < 4.78 is 0. The summed E-state index contributed by atoms with van der Waals surface area (Å²) in [4.78, 5) is 27.9. The van der Waals surface area contributed by atoms with E-state index < -0.39 is 17.0 Å². The van der Waals surface area contributed by atoms with Gasteiger partial charge in [-0.2, -0.15) is 5.90 Å². The Bertz CT molecular complexity index is 518. The number of aliphatic hydroxyl groups is 1. The summed E-state index contributed by atoms with van der Waals surface area (Å²) in [6, 6.07) is 0. The van der Waals surface area contributed by atoms with Crippen molar-refractivity contribution >= 4 is 11.8 Å². The zero-order chi connectivity index (χ0) is 21.5. The van der Waals surface area contributed by atoms with E-state index in [4.69, 9.17) is 5.90 Å². The number of carbonyl (C=O) groups is 2. The van der Waals surface area contributed by atoms with Crippen LogP contribution in [0.5, 0.6) is 0 Å². The van der Waals surface area contributed by atoms with Crippen molar-refractivity contribution in [3.05, 3.63) is 0 Å². The van der Waals surface area contributed by atoms with Crippen LogP contribution in [0, 0.1) is 17.3 Å². The minimum absolute atomic E-state index is 0.199. The van der Waals surface area contributed by atoms with E-state index in [1.54, 1.807) is 6.92 Å². The number of ketones is 1. The van der Waals surface area contributed by atoms with E-state index in [0.29, 0.717) is 38.5 Å². The second-order valence-electron chi connectivity index (χ2n) is 8.29. The highest BCUT2D eigenvalue weighted by Crippen LogP contribution is 2.36. The second kappa shape index (κ2) is 14.6. The minimum Gasteiger partial charge on any atom is -0.390 e. The molecule has 0 radical (unpaired) electrons. The van der Waals surface area contributed by atoms with E-state index in [1.165, 1.54) is 6.42 Å². The molecule has 2 unspecified atom stereocenters. The van der Waals surface area contributed by atoms with Gasteiger partial charge in [-0.1, -0.05) is 39.5 Å². The van der Waals surface area contributed by atoms with E-state index in [9.17, 15) is 14.7 Å². The highest BCUT2D eigenvalue weighted by molar-refractivity contribution is 5.77. The molecular weight excluding hydrogens is 354 g/mol. The van der Waals surface area contributed by atoms with Crippen molar-refractivity contribution in [3.8, 4) is 11.8 Å². The van der Waals surface area contributed by atoms with Crippen LogP contribution in [-0.4, -0.2) is 22.5 Å². The number of carbonyl (C=O) groups excluding carboxylic acids is 2. The molecule has 0 aromatic heterocycles. The molecule has 0 aliphatic heterocycles. The third-order valence-corrected chi connectivity index (χ3v) is 5.56. The summed E-state index contributed by atoms with van der Waals surface area (Å²) in [6.45, 7) is 7.53. The summed E-state index contributed by atoms with van der Waals surface area (Å²) in [5.74, 6) is 11.1. The summed E-state index contributed by atoms with van der Waals surface area (Å²) in [6.07, 6.45) is 10.1. The fourth-order valence-electron chi connectivity index (χ4n) is 3.31. The van der Waals surface area contributed by atoms with Gasteiger partial charge in [0, 0.05) is 19.3 Å². The highest BCUT2D eigenvalue weighted by atomic mass is 16.7. The molecule has 0 bridgehead atoms.